The monoisotopic (exact) mass is 257 g/mol. The van der Waals surface area contributed by atoms with E-state index >= 15 is 0 Å². The molecule has 0 spiro atoms. The second-order valence-corrected chi connectivity index (χ2v) is 5.43. The Hall–Kier alpha value is -1.03. The zero-order valence-electron chi connectivity index (χ0n) is 11.0. The molecule has 0 aromatic carbocycles. The topological polar surface area (TPSA) is 46.9 Å². The summed E-state index contributed by atoms with van der Waals surface area (Å²) >= 11 is 6.04. The van der Waals surface area contributed by atoms with Crippen LogP contribution in [-0.2, 0) is 6.54 Å². The average molecular weight is 258 g/mol. The Morgan fingerprint density at radius 1 is 1.65 bits per heavy atom. The Morgan fingerprint density at radius 3 is 2.71 bits per heavy atom. The number of carbonyl (C=O) groups is 1. The number of aromatic nitrogens is 2. The Labute approximate surface area is 107 Å². The van der Waals surface area contributed by atoms with Crippen molar-refractivity contribution in [2.45, 2.75) is 52.1 Å². The van der Waals surface area contributed by atoms with Crippen LogP contribution < -0.4 is 5.32 Å². The zero-order chi connectivity index (χ0) is 13.2. The van der Waals surface area contributed by atoms with Crippen LogP contribution in [0.4, 0.5) is 0 Å². The number of aryl methyl sites for hydroxylation is 2. The third-order valence-corrected chi connectivity index (χ3v) is 3.41. The molecule has 4 nitrogen and oxygen atoms in total. The van der Waals surface area contributed by atoms with Gasteiger partial charge in [-0.2, -0.15) is 5.10 Å². The molecule has 0 aliphatic heterocycles. The first-order valence-corrected chi connectivity index (χ1v) is 6.22. The third-order valence-electron chi connectivity index (χ3n) is 2.86. The molecule has 17 heavy (non-hydrogen) atoms. The van der Waals surface area contributed by atoms with E-state index in [2.05, 4.69) is 10.4 Å². The summed E-state index contributed by atoms with van der Waals surface area (Å²) in [6.07, 6.45) is 0. The van der Waals surface area contributed by atoms with Gasteiger partial charge >= 0.3 is 0 Å². The highest BCUT2D eigenvalue weighted by Gasteiger charge is 2.27. The first-order chi connectivity index (χ1) is 7.77. The quantitative estimate of drug-likeness (QED) is 0.842. The van der Waals surface area contributed by atoms with Gasteiger partial charge in [-0.25, -0.2) is 0 Å². The van der Waals surface area contributed by atoms with Gasteiger partial charge in [-0.15, -0.1) is 11.6 Å². The van der Waals surface area contributed by atoms with Crippen molar-refractivity contribution in [3.05, 3.63) is 17.5 Å². The number of hydrogen-bond acceptors (Lipinski definition) is 2. The minimum absolute atomic E-state index is 0.134. The van der Waals surface area contributed by atoms with Crippen molar-refractivity contribution in [3.63, 3.8) is 0 Å². The van der Waals surface area contributed by atoms with Crippen LogP contribution in [0.15, 0.2) is 6.07 Å². The van der Waals surface area contributed by atoms with E-state index in [0.29, 0.717) is 12.2 Å². The predicted octanol–water partition coefficient (Wildman–Crippen LogP) is 2.35. The molecule has 0 aliphatic rings. The van der Waals surface area contributed by atoms with Gasteiger partial charge in [-0.1, -0.05) is 0 Å². The third kappa shape index (κ3) is 3.22. The molecule has 1 aromatic heterocycles. The van der Waals surface area contributed by atoms with Crippen molar-refractivity contribution in [1.29, 1.82) is 0 Å². The fourth-order valence-electron chi connectivity index (χ4n) is 1.43. The van der Waals surface area contributed by atoms with Gasteiger partial charge in [0.25, 0.3) is 5.91 Å². The van der Waals surface area contributed by atoms with Crippen LogP contribution in [0.1, 0.15) is 43.9 Å². The van der Waals surface area contributed by atoms with E-state index in [0.717, 1.165) is 5.69 Å². The van der Waals surface area contributed by atoms with Gasteiger partial charge in [-0.05, 0) is 40.7 Å². The molecule has 1 N–H and O–H groups in total. The molecule has 0 fully saturated rings. The molecule has 1 atom stereocenters. The maximum atomic E-state index is 12.1. The maximum absolute atomic E-state index is 12.1. The van der Waals surface area contributed by atoms with Crippen LogP contribution in [0.3, 0.4) is 0 Å². The van der Waals surface area contributed by atoms with Crippen LogP contribution in [-0.4, -0.2) is 26.6 Å². The molecule has 0 bridgehead atoms. The second kappa shape index (κ2) is 5.08. The van der Waals surface area contributed by atoms with E-state index in [4.69, 9.17) is 11.6 Å². The molecule has 1 heterocycles. The molecule has 96 valence electrons. The van der Waals surface area contributed by atoms with Crippen molar-refractivity contribution in [2.24, 2.45) is 0 Å². The molecule has 1 unspecified atom stereocenters. The Balaban J connectivity index is 2.90. The Kier molecular flexibility index (Phi) is 4.20. The highest BCUT2D eigenvalue weighted by molar-refractivity contribution is 6.21. The van der Waals surface area contributed by atoms with Gasteiger partial charge in [0, 0.05) is 6.54 Å². The van der Waals surface area contributed by atoms with E-state index in [1.54, 1.807) is 10.7 Å². The lowest BCUT2D eigenvalue weighted by molar-refractivity contribution is 0.0901. The molecular formula is C12H20ClN3O. The number of nitrogens with one attached hydrogen (secondary N) is 1. The number of hydrogen-bond donors (Lipinski definition) is 1. The minimum atomic E-state index is -0.449. The number of nitrogens with zero attached hydrogens (tertiary/aromatic N) is 2. The number of amides is 1. The lowest BCUT2D eigenvalue weighted by Crippen LogP contribution is -2.49. The second-order valence-electron chi connectivity index (χ2n) is 4.78. The molecule has 0 saturated carbocycles. The van der Waals surface area contributed by atoms with Crippen LogP contribution in [0.5, 0.6) is 0 Å². The highest BCUT2D eigenvalue weighted by atomic mass is 35.5. The van der Waals surface area contributed by atoms with E-state index in [1.807, 2.05) is 34.6 Å². The SMILES string of the molecule is CCn1nc(C)cc1C(=O)NC(C)(C)C(C)Cl. The molecule has 1 amide bonds. The van der Waals surface area contributed by atoms with Crippen molar-refractivity contribution in [1.82, 2.24) is 15.1 Å². The summed E-state index contributed by atoms with van der Waals surface area (Å²) in [4.78, 5) is 12.1. The summed E-state index contributed by atoms with van der Waals surface area (Å²) < 4.78 is 1.69. The summed E-state index contributed by atoms with van der Waals surface area (Å²) in [6, 6.07) is 1.79. The van der Waals surface area contributed by atoms with Gasteiger partial charge in [0.15, 0.2) is 0 Å². The van der Waals surface area contributed by atoms with E-state index in [-0.39, 0.29) is 11.3 Å². The van der Waals surface area contributed by atoms with Gasteiger partial charge in [0.05, 0.1) is 16.6 Å². The minimum Gasteiger partial charge on any atom is -0.344 e. The lowest BCUT2D eigenvalue weighted by Gasteiger charge is -2.28. The standard InChI is InChI=1S/C12H20ClN3O/c1-6-16-10(7-8(2)15-16)11(17)14-12(4,5)9(3)13/h7,9H,6H2,1-5H3,(H,14,17). The first-order valence-electron chi connectivity index (χ1n) is 5.79. The molecule has 0 saturated heterocycles. The Bertz CT molecular complexity index is 410. The first kappa shape index (κ1) is 14.0. The van der Waals surface area contributed by atoms with Crippen molar-refractivity contribution < 1.29 is 4.79 Å². The fourth-order valence-corrected chi connectivity index (χ4v) is 1.48. The van der Waals surface area contributed by atoms with E-state index in [9.17, 15) is 4.79 Å². The molecular weight excluding hydrogens is 238 g/mol. The largest absolute Gasteiger partial charge is 0.344 e. The summed E-state index contributed by atoms with van der Waals surface area (Å²) in [5.41, 5.74) is 0.971. The number of carbonyl (C=O) groups excluding carboxylic acids is 1. The van der Waals surface area contributed by atoms with Crippen LogP contribution in [0.2, 0.25) is 0 Å². The molecule has 0 radical (unpaired) electrons. The summed E-state index contributed by atoms with van der Waals surface area (Å²) in [7, 11) is 0. The van der Waals surface area contributed by atoms with Crippen LogP contribution >= 0.6 is 11.6 Å². The molecule has 5 heteroatoms. The molecule has 1 rings (SSSR count). The fraction of sp³-hybridized carbons (Fsp3) is 0.667. The van der Waals surface area contributed by atoms with Crippen molar-refractivity contribution >= 4 is 17.5 Å². The van der Waals surface area contributed by atoms with Crippen LogP contribution in [0, 0.1) is 6.92 Å². The normalized spacial score (nSPS) is 13.5. The van der Waals surface area contributed by atoms with Crippen molar-refractivity contribution in [2.75, 3.05) is 0 Å². The predicted molar refractivity (Wildman–Crippen MR) is 69.5 cm³/mol. The van der Waals surface area contributed by atoms with Gasteiger partial charge in [-0.3, -0.25) is 9.48 Å². The van der Waals surface area contributed by atoms with E-state index < -0.39 is 5.54 Å². The zero-order valence-corrected chi connectivity index (χ0v) is 11.8. The lowest BCUT2D eigenvalue weighted by atomic mass is 10.0. The van der Waals surface area contributed by atoms with Gasteiger partial charge < -0.3 is 5.32 Å². The molecule has 0 aliphatic carbocycles. The van der Waals surface area contributed by atoms with Crippen LogP contribution in [0.25, 0.3) is 0 Å². The molecule has 1 aromatic rings. The average Bonchev–Trinajstić information content (AvgIpc) is 2.58. The number of rotatable bonds is 4. The summed E-state index contributed by atoms with van der Waals surface area (Å²) in [6.45, 7) is 10.2. The number of alkyl halides is 1. The smallest absolute Gasteiger partial charge is 0.270 e. The van der Waals surface area contributed by atoms with Gasteiger partial charge in [0.2, 0.25) is 0 Å². The van der Waals surface area contributed by atoms with E-state index in [1.165, 1.54) is 0 Å². The summed E-state index contributed by atoms with van der Waals surface area (Å²) in [5.74, 6) is -0.134. The maximum Gasteiger partial charge on any atom is 0.270 e. The highest BCUT2D eigenvalue weighted by Crippen LogP contribution is 2.16. The van der Waals surface area contributed by atoms with Crippen molar-refractivity contribution in [3.8, 4) is 0 Å². The summed E-state index contributed by atoms with van der Waals surface area (Å²) in [5, 5.41) is 7.03. The Morgan fingerprint density at radius 2 is 2.24 bits per heavy atom. The number of halogens is 1. The van der Waals surface area contributed by atoms with Gasteiger partial charge in [0.1, 0.15) is 5.69 Å².